The third kappa shape index (κ3) is 57.5. The molecule has 0 rings (SSSR count). The van der Waals surface area contributed by atoms with Gasteiger partial charge in [-0.15, -0.1) is 0 Å². The number of esters is 3. The summed E-state index contributed by atoms with van der Waals surface area (Å²) in [5.41, 5.74) is 0. The molecule has 0 spiro atoms. The summed E-state index contributed by atoms with van der Waals surface area (Å²) in [5, 5.41) is 0. The molecular formula is C66H114O6. The highest BCUT2D eigenvalue weighted by atomic mass is 16.6. The van der Waals surface area contributed by atoms with E-state index in [-0.39, 0.29) is 31.1 Å². The summed E-state index contributed by atoms with van der Waals surface area (Å²) >= 11 is 0. The molecule has 0 bridgehead atoms. The summed E-state index contributed by atoms with van der Waals surface area (Å²) in [5.74, 6) is -0.920. The van der Waals surface area contributed by atoms with Crippen LogP contribution in [0.5, 0.6) is 0 Å². The van der Waals surface area contributed by atoms with E-state index < -0.39 is 6.10 Å². The van der Waals surface area contributed by atoms with Crippen LogP contribution in [-0.4, -0.2) is 37.2 Å². The zero-order valence-corrected chi connectivity index (χ0v) is 47.4. The van der Waals surface area contributed by atoms with E-state index in [1.54, 1.807) is 0 Å². The van der Waals surface area contributed by atoms with Crippen LogP contribution in [0, 0.1) is 0 Å². The van der Waals surface area contributed by atoms with Gasteiger partial charge in [0.25, 0.3) is 0 Å². The topological polar surface area (TPSA) is 78.9 Å². The Morgan fingerprint density at radius 3 is 0.847 bits per heavy atom. The second-order valence-corrected chi connectivity index (χ2v) is 20.2. The second kappa shape index (κ2) is 60.1. The maximum atomic E-state index is 12.8. The Morgan fingerprint density at radius 2 is 0.542 bits per heavy atom. The Kier molecular flexibility index (Phi) is 57.3. The van der Waals surface area contributed by atoms with Crippen molar-refractivity contribution in [3.05, 3.63) is 85.1 Å². The lowest BCUT2D eigenvalue weighted by molar-refractivity contribution is -0.167. The number of unbranched alkanes of at least 4 members (excludes halogenated alkanes) is 30. The Morgan fingerprint density at radius 1 is 0.292 bits per heavy atom. The maximum absolute atomic E-state index is 12.8. The molecule has 0 radical (unpaired) electrons. The summed E-state index contributed by atoms with van der Waals surface area (Å²) in [6.45, 7) is 6.47. The van der Waals surface area contributed by atoms with E-state index in [1.807, 2.05) is 0 Å². The SMILES string of the molecule is CC/C=C\C/C=C\C/C=C\C/C=C\C/C=C\C/C=C\C/C=C\CCCCCC(=O)OCC(COC(=O)CCCCCCCC)OC(=O)CCCCCCCCCCCCCCCCCCCCCCCCC. The van der Waals surface area contributed by atoms with Crippen LogP contribution in [0.2, 0.25) is 0 Å². The molecular weight excluding hydrogens is 889 g/mol. The maximum Gasteiger partial charge on any atom is 0.306 e. The summed E-state index contributed by atoms with van der Waals surface area (Å²) in [7, 11) is 0. The zero-order valence-electron chi connectivity index (χ0n) is 47.4. The average molecular weight is 1000 g/mol. The smallest absolute Gasteiger partial charge is 0.306 e. The van der Waals surface area contributed by atoms with Gasteiger partial charge < -0.3 is 14.2 Å². The molecule has 0 heterocycles. The number of hydrogen-bond donors (Lipinski definition) is 0. The fraction of sp³-hybridized carbons (Fsp3) is 0.742. The van der Waals surface area contributed by atoms with Crippen molar-refractivity contribution in [1.82, 2.24) is 0 Å². The van der Waals surface area contributed by atoms with Crippen molar-refractivity contribution in [3.63, 3.8) is 0 Å². The van der Waals surface area contributed by atoms with Crippen LogP contribution in [0.25, 0.3) is 0 Å². The highest BCUT2D eigenvalue weighted by Crippen LogP contribution is 2.17. The number of carbonyl (C=O) groups is 3. The molecule has 1 unspecified atom stereocenters. The molecule has 0 aromatic heterocycles. The summed E-state index contributed by atoms with van der Waals surface area (Å²) in [6, 6.07) is 0. The Bertz CT molecular complexity index is 1380. The molecule has 0 aliphatic rings. The van der Waals surface area contributed by atoms with Crippen LogP contribution in [0.3, 0.4) is 0 Å². The molecule has 6 heteroatoms. The molecule has 0 aliphatic heterocycles. The van der Waals surface area contributed by atoms with E-state index in [1.165, 1.54) is 148 Å². The third-order valence-electron chi connectivity index (χ3n) is 13.2. The van der Waals surface area contributed by atoms with Gasteiger partial charge in [-0.2, -0.15) is 0 Å². The van der Waals surface area contributed by atoms with Gasteiger partial charge in [-0.05, 0) is 77.0 Å². The summed E-state index contributed by atoms with van der Waals surface area (Å²) < 4.78 is 16.8. The minimum atomic E-state index is -0.786. The lowest BCUT2D eigenvalue weighted by atomic mass is 10.0. The van der Waals surface area contributed by atoms with Gasteiger partial charge in [0.05, 0.1) is 0 Å². The number of rotatable bonds is 55. The Labute approximate surface area is 445 Å². The van der Waals surface area contributed by atoms with Gasteiger partial charge in [0, 0.05) is 19.3 Å². The van der Waals surface area contributed by atoms with Crippen LogP contribution >= 0.6 is 0 Å². The monoisotopic (exact) mass is 1000 g/mol. The summed E-state index contributed by atoms with van der Waals surface area (Å²) in [4.78, 5) is 37.9. The normalized spacial score (nSPS) is 12.7. The highest BCUT2D eigenvalue weighted by Gasteiger charge is 2.19. The van der Waals surface area contributed by atoms with E-state index in [4.69, 9.17) is 14.2 Å². The average Bonchev–Trinajstić information content (AvgIpc) is 3.38. The zero-order chi connectivity index (χ0) is 52.2. The molecule has 72 heavy (non-hydrogen) atoms. The lowest BCUT2D eigenvalue weighted by Crippen LogP contribution is -2.30. The van der Waals surface area contributed by atoms with Crippen LogP contribution in [0.15, 0.2) is 85.1 Å². The van der Waals surface area contributed by atoms with Gasteiger partial charge in [-0.25, -0.2) is 0 Å². The van der Waals surface area contributed by atoms with Crippen LogP contribution < -0.4 is 0 Å². The van der Waals surface area contributed by atoms with E-state index in [9.17, 15) is 14.4 Å². The largest absolute Gasteiger partial charge is 0.462 e. The quantitative estimate of drug-likeness (QED) is 0.0261. The molecule has 0 fully saturated rings. The molecule has 0 saturated carbocycles. The van der Waals surface area contributed by atoms with Gasteiger partial charge in [0.15, 0.2) is 6.10 Å². The van der Waals surface area contributed by atoms with Crippen molar-refractivity contribution in [2.75, 3.05) is 13.2 Å². The number of allylic oxidation sites excluding steroid dienone is 14. The van der Waals surface area contributed by atoms with Crippen LogP contribution in [-0.2, 0) is 28.6 Å². The number of hydrogen-bond acceptors (Lipinski definition) is 6. The van der Waals surface area contributed by atoms with Gasteiger partial charge in [-0.1, -0.05) is 286 Å². The van der Waals surface area contributed by atoms with Gasteiger partial charge in [0.2, 0.25) is 0 Å². The predicted molar refractivity (Wildman–Crippen MR) is 311 cm³/mol. The first-order chi connectivity index (χ1) is 35.5. The Balaban J connectivity index is 4.18. The van der Waals surface area contributed by atoms with Crippen molar-refractivity contribution in [1.29, 1.82) is 0 Å². The second-order valence-electron chi connectivity index (χ2n) is 20.2. The van der Waals surface area contributed by atoms with Gasteiger partial charge in [-0.3, -0.25) is 14.4 Å². The number of carbonyl (C=O) groups excluding carboxylic acids is 3. The molecule has 6 nitrogen and oxygen atoms in total. The van der Waals surface area contributed by atoms with Crippen molar-refractivity contribution in [3.8, 4) is 0 Å². The molecule has 0 aliphatic carbocycles. The van der Waals surface area contributed by atoms with Crippen LogP contribution in [0.4, 0.5) is 0 Å². The molecule has 414 valence electrons. The molecule has 0 N–H and O–H groups in total. The van der Waals surface area contributed by atoms with Crippen molar-refractivity contribution < 1.29 is 28.6 Å². The predicted octanol–water partition coefficient (Wildman–Crippen LogP) is 20.7. The van der Waals surface area contributed by atoms with Gasteiger partial charge >= 0.3 is 17.9 Å². The molecule has 0 saturated heterocycles. The lowest BCUT2D eigenvalue weighted by Gasteiger charge is -2.18. The fourth-order valence-corrected chi connectivity index (χ4v) is 8.60. The van der Waals surface area contributed by atoms with Gasteiger partial charge in [0.1, 0.15) is 13.2 Å². The first-order valence-corrected chi connectivity index (χ1v) is 30.6. The fourth-order valence-electron chi connectivity index (χ4n) is 8.60. The molecule has 0 amide bonds. The summed E-state index contributed by atoms with van der Waals surface area (Å²) in [6.07, 6.45) is 79.1. The third-order valence-corrected chi connectivity index (χ3v) is 13.2. The molecule has 0 aromatic rings. The van der Waals surface area contributed by atoms with E-state index in [2.05, 4.69) is 106 Å². The number of ether oxygens (including phenoxy) is 3. The minimum absolute atomic E-state index is 0.0853. The standard InChI is InChI=1S/C66H114O6/c1-4-7-10-13-16-18-20-22-24-26-28-30-32-33-35-36-38-40-42-44-46-48-50-53-56-59-65(68)71-62-63(61-70-64(67)58-55-52-15-12-9-6-3)72-66(69)60-57-54-51-49-47-45-43-41-39-37-34-31-29-27-25-23-21-19-17-14-11-8-5-2/h7,10,16,18,22,24,28,30,33,35,38,40,44,46,63H,4-6,8-9,11-15,17,19-21,23,25-27,29,31-32,34,36-37,39,41-43,45,47-62H2,1-3H3/b10-7-,18-16-,24-22-,30-28-,35-33-,40-38-,46-44-. The van der Waals surface area contributed by atoms with Crippen LogP contribution in [0.1, 0.15) is 297 Å². The first kappa shape index (κ1) is 68.6. The van der Waals surface area contributed by atoms with E-state index in [0.29, 0.717) is 19.3 Å². The van der Waals surface area contributed by atoms with E-state index in [0.717, 1.165) is 109 Å². The van der Waals surface area contributed by atoms with Crippen molar-refractivity contribution >= 4 is 17.9 Å². The highest BCUT2D eigenvalue weighted by molar-refractivity contribution is 5.71. The molecule has 0 aromatic carbocycles. The molecule has 1 atom stereocenters. The van der Waals surface area contributed by atoms with Crippen molar-refractivity contribution in [2.45, 2.75) is 303 Å². The minimum Gasteiger partial charge on any atom is -0.462 e. The first-order valence-electron chi connectivity index (χ1n) is 30.6. The van der Waals surface area contributed by atoms with E-state index >= 15 is 0 Å². The van der Waals surface area contributed by atoms with Crippen molar-refractivity contribution in [2.24, 2.45) is 0 Å². The Hall–Kier alpha value is -3.41.